The minimum absolute atomic E-state index is 0.00640. The smallest absolute Gasteiger partial charge is 0.317 e. The predicted molar refractivity (Wildman–Crippen MR) is 51.5 cm³/mol. The maximum atomic E-state index is 11.1. The number of aliphatic hydroxyl groups is 1. The Morgan fingerprint density at radius 2 is 2.33 bits per heavy atom. The van der Waals surface area contributed by atoms with E-state index in [1.54, 1.807) is 18.8 Å². The van der Waals surface area contributed by atoms with Gasteiger partial charge in [-0.25, -0.2) is 4.79 Å². The van der Waals surface area contributed by atoms with E-state index in [9.17, 15) is 4.79 Å². The highest BCUT2D eigenvalue weighted by molar-refractivity contribution is 7.98. The zero-order valence-electron chi connectivity index (χ0n) is 7.54. The van der Waals surface area contributed by atoms with E-state index in [2.05, 4.69) is 5.32 Å². The van der Waals surface area contributed by atoms with E-state index in [0.29, 0.717) is 13.1 Å². The van der Waals surface area contributed by atoms with Crippen LogP contribution in [0, 0.1) is 0 Å². The molecule has 2 amide bonds. The number of amides is 2. The van der Waals surface area contributed by atoms with Gasteiger partial charge >= 0.3 is 6.03 Å². The van der Waals surface area contributed by atoms with Gasteiger partial charge in [0, 0.05) is 25.9 Å². The van der Waals surface area contributed by atoms with Crippen molar-refractivity contribution in [1.82, 2.24) is 10.2 Å². The Morgan fingerprint density at radius 3 is 2.83 bits per heavy atom. The number of nitrogens with zero attached hydrogens (tertiary/aromatic N) is 1. The van der Waals surface area contributed by atoms with E-state index in [1.807, 2.05) is 6.26 Å². The largest absolute Gasteiger partial charge is 0.395 e. The van der Waals surface area contributed by atoms with Gasteiger partial charge in [-0.05, 0) is 6.26 Å². The Labute approximate surface area is 77.3 Å². The molecule has 0 saturated carbocycles. The topological polar surface area (TPSA) is 52.6 Å². The molecule has 12 heavy (non-hydrogen) atoms. The Kier molecular flexibility index (Phi) is 6.99. The molecule has 4 nitrogen and oxygen atoms in total. The van der Waals surface area contributed by atoms with E-state index in [-0.39, 0.29) is 12.6 Å². The van der Waals surface area contributed by atoms with Crippen molar-refractivity contribution in [1.29, 1.82) is 0 Å². The second-order valence-corrected chi connectivity index (χ2v) is 3.36. The van der Waals surface area contributed by atoms with Gasteiger partial charge < -0.3 is 15.3 Å². The summed E-state index contributed by atoms with van der Waals surface area (Å²) in [5.74, 6) is 0.915. The molecule has 0 fully saturated rings. The summed E-state index contributed by atoms with van der Waals surface area (Å²) in [5.41, 5.74) is 0. The number of hydrogen-bond donors (Lipinski definition) is 2. The quantitative estimate of drug-likeness (QED) is 0.602. The van der Waals surface area contributed by atoms with Crippen LogP contribution < -0.4 is 5.32 Å². The molecule has 0 aromatic carbocycles. The fourth-order valence-electron chi connectivity index (χ4n) is 0.647. The highest BCUT2D eigenvalue weighted by atomic mass is 32.2. The third kappa shape index (κ3) is 5.26. The normalized spacial score (nSPS) is 9.58. The van der Waals surface area contributed by atoms with Gasteiger partial charge in [0.1, 0.15) is 0 Å². The van der Waals surface area contributed by atoms with E-state index < -0.39 is 0 Å². The molecule has 0 aromatic rings. The van der Waals surface area contributed by atoms with Crippen LogP contribution in [0.5, 0.6) is 0 Å². The van der Waals surface area contributed by atoms with E-state index >= 15 is 0 Å². The molecule has 0 rings (SSSR count). The van der Waals surface area contributed by atoms with Crippen LogP contribution >= 0.6 is 11.8 Å². The number of urea groups is 1. The minimum Gasteiger partial charge on any atom is -0.395 e. The average Bonchev–Trinajstić information content (AvgIpc) is 2.05. The molecular formula is C7H16N2O2S. The van der Waals surface area contributed by atoms with Gasteiger partial charge in [-0.1, -0.05) is 0 Å². The number of carbonyl (C=O) groups is 1. The summed E-state index contributed by atoms with van der Waals surface area (Å²) in [6, 6.07) is -0.127. The van der Waals surface area contributed by atoms with Gasteiger partial charge in [0.25, 0.3) is 0 Å². The van der Waals surface area contributed by atoms with Gasteiger partial charge in [-0.15, -0.1) is 0 Å². The fourth-order valence-corrected chi connectivity index (χ4v) is 0.953. The maximum Gasteiger partial charge on any atom is 0.317 e. The minimum atomic E-state index is -0.127. The van der Waals surface area contributed by atoms with Crippen LogP contribution in [0.1, 0.15) is 0 Å². The number of nitrogens with one attached hydrogen (secondary N) is 1. The number of rotatable bonds is 5. The Balaban J connectivity index is 3.43. The summed E-state index contributed by atoms with van der Waals surface area (Å²) >= 11 is 1.69. The Hall–Kier alpha value is -0.420. The molecule has 0 aliphatic heterocycles. The molecule has 0 unspecified atom stereocenters. The van der Waals surface area contributed by atoms with Crippen molar-refractivity contribution in [3.8, 4) is 0 Å². The second-order valence-electron chi connectivity index (χ2n) is 2.37. The summed E-state index contributed by atoms with van der Waals surface area (Å²) in [6.45, 7) is 1.06. The molecule has 5 heteroatoms. The van der Waals surface area contributed by atoms with Crippen LogP contribution in [-0.2, 0) is 0 Å². The van der Waals surface area contributed by atoms with Crippen molar-refractivity contribution >= 4 is 17.8 Å². The predicted octanol–water partition coefficient (Wildman–Crippen LogP) is -0.0169. The van der Waals surface area contributed by atoms with E-state index in [1.165, 1.54) is 4.90 Å². The van der Waals surface area contributed by atoms with Crippen LogP contribution in [0.2, 0.25) is 0 Å². The molecule has 0 aromatic heterocycles. The molecule has 0 bridgehead atoms. The lowest BCUT2D eigenvalue weighted by Gasteiger charge is -2.15. The van der Waals surface area contributed by atoms with Gasteiger partial charge in [-0.2, -0.15) is 11.8 Å². The molecule has 0 saturated heterocycles. The highest BCUT2D eigenvalue weighted by Crippen LogP contribution is 1.88. The van der Waals surface area contributed by atoms with Gasteiger partial charge in [0.2, 0.25) is 0 Å². The molecular weight excluding hydrogens is 176 g/mol. The van der Waals surface area contributed by atoms with Crippen molar-refractivity contribution in [2.24, 2.45) is 0 Å². The molecule has 0 aliphatic rings. The van der Waals surface area contributed by atoms with E-state index in [4.69, 9.17) is 5.11 Å². The molecule has 0 atom stereocenters. The van der Waals surface area contributed by atoms with Gasteiger partial charge in [-0.3, -0.25) is 0 Å². The van der Waals surface area contributed by atoms with Crippen molar-refractivity contribution in [2.45, 2.75) is 0 Å². The van der Waals surface area contributed by atoms with Crippen molar-refractivity contribution in [3.05, 3.63) is 0 Å². The Bertz CT molecular complexity index is 133. The fraction of sp³-hybridized carbons (Fsp3) is 0.857. The molecule has 72 valence electrons. The van der Waals surface area contributed by atoms with Crippen LogP contribution in [0.3, 0.4) is 0 Å². The standard InChI is InChI=1S/C7H16N2O2S/c1-9(4-5-10)7(11)8-3-6-12-2/h10H,3-6H2,1-2H3,(H,8,11). The third-order valence-corrected chi connectivity index (χ3v) is 1.98. The lowest BCUT2D eigenvalue weighted by molar-refractivity contribution is 0.191. The lowest BCUT2D eigenvalue weighted by atomic mass is 10.6. The molecule has 2 N–H and O–H groups in total. The number of hydrogen-bond acceptors (Lipinski definition) is 3. The number of thioether (sulfide) groups is 1. The van der Waals surface area contributed by atoms with Crippen molar-refractivity contribution < 1.29 is 9.90 Å². The number of carbonyl (C=O) groups excluding carboxylic acids is 1. The van der Waals surface area contributed by atoms with Crippen molar-refractivity contribution in [3.63, 3.8) is 0 Å². The lowest BCUT2D eigenvalue weighted by Crippen LogP contribution is -2.39. The first-order valence-electron chi connectivity index (χ1n) is 3.81. The Morgan fingerprint density at radius 1 is 1.67 bits per heavy atom. The van der Waals surface area contributed by atoms with Crippen molar-refractivity contribution in [2.75, 3.05) is 38.8 Å². The number of likely N-dealkylation sites (N-methyl/N-ethyl adjacent to an activating group) is 1. The summed E-state index contributed by atoms with van der Waals surface area (Å²) in [6.07, 6.45) is 1.99. The second kappa shape index (κ2) is 7.24. The van der Waals surface area contributed by atoms with Crippen LogP contribution in [-0.4, -0.2) is 54.8 Å². The van der Waals surface area contributed by atoms with Crippen LogP contribution in [0.4, 0.5) is 4.79 Å². The van der Waals surface area contributed by atoms with Gasteiger partial charge in [0.15, 0.2) is 0 Å². The first kappa shape index (κ1) is 11.6. The summed E-state index contributed by atoms with van der Waals surface area (Å²) in [7, 11) is 1.66. The summed E-state index contributed by atoms with van der Waals surface area (Å²) in [5, 5.41) is 11.3. The first-order valence-corrected chi connectivity index (χ1v) is 5.20. The summed E-state index contributed by atoms with van der Waals surface area (Å²) in [4.78, 5) is 12.6. The molecule has 0 heterocycles. The molecule has 0 spiro atoms. The SMILES string of the molecule is CSCCNC(=O)N(C)CCO. The first-order chi connectivity index (χ1) is 5.72. The highest BCUT2D eigenvalue weighted by Gasteiger charge is 2.04. The van der Waals surface area contributed by atoms with Gasteiger partial charge in [0.05, 0.1) is 6.61 Å². The maximum absolute atomic E-state index is 11.1. The molecule has 0 radical (unpaired) electrons. The monoisotopic (exact) mass is 192 g/mol. The summed E-state index contributed by atoms with van der Waals surface area (Å²) < 4.78 is 0. The molecule has 0 aliphatic carbocycles. The van der Waals surface area contributed by atoms with Crippen LogP contribution in [0.15, 0.2) is 0 Å². The third-order valence-electron chi connectivity index (χ3n) is 1.36. The average molecular weight is 192 g/mol. The number of aliphatic hydroxyl groups excluding tert-OH is 1. The van der Waals surface area contributed by atoms with Crippen LogP contribution in [0.25, 0.3) is 0 Å². The zero-order chi connectivity index (χ0) is 9.40. The zero-order valence-corrected chi connectivity index (χ0v) is 8.36. The van der Waals surface area contributed by atoms with E-state index in [0.717, 1.165) is 5.75 Å².